The van der Waals surface area contributed by atoms with Gasteiger partial charge in [0.1, 0.15) is 35.1 Å². The SMILES string of the molecule is C.CC(C)(C)OCC(C)(COC(C)(C)C)C(=O)OCC(C)(COC(=O)C(C)(COC(C)(C)C)COC(C)(C)C)C(=O)OC(C)(C)C. The summed E-state index contributed by atoms with van der Waals surface area (Å²) in [4.78, 5) is 40.8. The van der Waals surface area contributed by atoms with Crippen LogP contribution in [0.1, 0.15) is 132 Å². The minimum atomic E-state index is -1.52. The molecule has 0 aliphatic rings. The zero-order valence-corrected chi connectivity index (χ0v) is 31.8. The first-order chi connectivity index (χ1) is 19.7. The number of rotatable bonds is 15. The lowest BCUT2D eigenvalue weighted by atomic mass is 9.89. The van der Waals surface area contributed by atoms with Gasteiger partial charge in [-0.1, -0.05) is 7.43 Å². The largest absolute Gasteiger partial charge is 0.464 e. The molecule has 0 aromatic carbocycles. The molecular weight excluding hydrogens is 592 g/mol. The fraction of sp³-hybridized carbons (Fsp3) is 0.917. The smallest absolute Gasteiger partial charge is 0.319 e. The maximum absolute atomic E-state index is 13.6. The van der Waals surface area contributed by atoms with E-state index in [1.807, 2.05) is 83.1 Å². The molecule has 0 amide bonds. The maximum atomic E-state index is 13.6. The number of carbonyl (C=O) groups is 3. The highest BCUT2D eigenvalue weighted by atomic mass is 16.6. The Bertz CT molecular complexity index is 867. The number of hydrogen-bond acceptors (Lipinski definition) is 10. The van der Waals surface area contributed by atoms with Gasteiger partial charge in [0.25, 0.3) is 0 Å². The van der Waals surface area contributed by atoms with Crippen molar-refractivity contribution in [1.29, 1.82) is 0 Å². The molecule has 274 valence electrons. The Balaban J connectivity index is 0. The molecule has 0 fully saturated rings. The molecule has 0 saturated heterocycles. The third kappa shape index (κ3) is 19.2. The predicted molar refractivity (Wildman–Crippen MR) is 182 cm³/mol. The van der Waals surface area contributed by atoms with Crippen LogP contribution in [0.3, 0.4) is 0 Å². The quantitative estimate of drug-likeness (QED) is 0.130. The predicted octanol–water partition coefficient (Wildman–Crippen LogP) is 7.33. The van der Waals surface area contributed by atoms with Crippen LogP contribution in [0.25, 0.3) is 0 Å². The van der Waals surface area contributed by atoms with Crippen molar-refractivity contribution in [2.75, 3.05) is 39.6 Å². The molecule has 10 heteroatoms. The Morgan fingerprint density at radius 3 is 0.761 bits per heavy atom. The van der Waals surface area contributed by atoms with Gasteiger partial charge in [0.15, 0.2) is 0 Å². The summed E-state index contributed by atoms with van der Waals surface area (Å²) in [5.41, 5.74) is -6.77. The van der Waals surface area contributed by atoms with Gasteiger partial charge in [-0.15, -0.1) is 0 Å². The summed E-state index contributed by atoms with van der Waals surface area (Å²) in [6.45, 7) is 32.2. The summed E-state index contributed by atoms with van der Waals surface area (Å²) in [7, 11) is 0. The summed E-state index contributed by atoms with van der Waals surface area (Å²) in [6, 6.07) is 0. The van der Waals surface area contributed by atoms with Crippen molar-refractivity contribution in [2.45, 2.75) is 160 Å². The van der Waals surface area contributed by atoms with Crippen LogP contribution in [0.5, 0.6) is 0 Å². The summed E-state index contributed by atoms with van der Waals surface area (Å²) >= 11 is 0. The van der Waals surface area contributed by atoms with Crippen LogP contribution in [-0.2, 0) is 47.5 Å². The van der Waals surface area contributed by atoms with Gasteiger partial charge in [-0.3, -0.25) is 14.4 Å². The minimum Gasteiger partial charge on any atom is -0.464 e. The Kier molecular flexibility index (Phi) is 16.7. The molecule has 0 rings (SSSR count). The van der Waals surface area contributed by atoms with Crippen molar-refractivity contribution in [3.8, 4) is 0 Å². The standard InChI is InChI=1S/C35H66O10.CH4/c1-28(2,3)41-21-34(17,22-42-29(4,5)6)25(36)39-19-33(16,27(38)45-32(13,14)15)20-40-26(37)35(18,23-43-30(7,8)9)24-44-31(10,11)12;/h19-24H2,1-18H3;1H4. The van der Waals surface area contributed by atoms with E-state index in [4.69, 9.17) is 33.2 Å². The Labute approximate surface area is 281 Å². The van der Waals surface area contributed by atoms with E-state index >= 15 is 0 Å². The van der Waals surface area contributed by atoms with Crippen molar-refractivity contribution < 1.29 is 47.5 Å². The average molecular weight is 663 g/mol. The van der Waals surface area contributed by atoms with Crippen LogP contribution < -0.4 is 0 Å². The Hall–Kier alpha value is -1.75. The molecule has 0 unspecified atom stereocenters. The Morgan fingerprint density at radius 2 is 0.565 bits per heavy atom. The second-order valence-electron chi connectivity index (χ2n) is 17.9. The third-order valence-electron chi connectivity index (χ3n) is 6.22. The molecule has 0 N–H and O–H groups in total. The van der Waals surface area contributed by atoms with Gasteiger partial charge in [0.2, 0.25) is 0 Å². The van der Waals surface area contributed by atoms with Gasteiger partial charge in [-0.25, -0.2) is 0 Å². The van der Waals surface area contributed by atoms with Gasteiger partial charge in [-0.05, 0) is 125 Å². The first-order valence-corrected chi connectivity index (χ1v) is 15.8. The van der Waals surface area contributed by atoms with Crippen molar-refractivity contribution >= 4 is 17.9 Å². The van der Waals surface area contributed by atoms with E-state index in [-0.39, 0.29) is 33.9 Å². The van der Waals surface area contributed by atoms with Gasteiger partial charge in [-0.2, -0.15) is 0 Å². The fourth-order valence-electron chi connectivity index (χ4n) is 3.18. The first kappa shape index (κ1) is 46.4. The maximum Gasteiger partial charge on any atom is 0.319 e. The highest BCUT2D eigenvalue weighted by Gasteiger charge is 2.46. The normalized spacial score (nSPS) is 14.0. The van der Waals surface area contributed by atoms with Crippen LogP contribution in [0, 0.1) is 16.2 Å². The summed E-state index contributed by atoms with van der Waals surface area (Å²) in [5.74, 6) is -1.90. The first-order valence-electron chi connectivity index (χ1n) is 15.8. The molecule has 0 aliphatic carbocycles. The lowest BCUT2D eigenvalue weighted by Gasteiger charge is -2.36. The lowest BCUT2D eigenvalue weighted by Crippen LogP contribution is -2.48. The highest BCUT2D eigenvalue weighted by Crippen LogP contribution is 2.31. The van der Waals surface area contributed by atoms with Crippen LogP contribution in [-0.4, -0.2) is 85.6 Å². The molecule has 0 aliphatic heterocycles. The topological polar surface area (TPSA) is 116 Å². The number of hydrogen-bond donors (Lipinski definition) is 0. The van der Waals surface area contributed by atoms with Gasteiger partial charge >= 0.3 is 17.9 Å². The number of ether oxygens (including phenoxy) is 7. The summed E-state index contributed by atoms with van der Waals surface area (Å²) in [5, 5.41) is 0. The fourth-order valence-corrected chi connectivity index (χ4v) is 3.18. The third-order valence-corrected chi connectivity index (χ3v) is 6.22. The van der Waals surface area contributed by atoms with E-state index in [1.54, 1.807) is 41.5 Å². The molecule has 46 heavy (non-hydrogen) atoms. The molecule has 0 radical (unpaired) electrons. The van der Waals surface area contributed by atoms with Gasteiger partial charge in [0.05, 0.1) is 48.8 Å². The molecule has 0 bridgehead atoms. The molecule has 0 aromatic heterocycles. The van der Waals surface area contributed by atoms with Gasteiger partial charge in [0, 0.05) is 0 Å². The molecular formula is C36H70O10. The van der Waals surface area contributed by atoms with E-state index in [1.165, 1.54) is 0 Å². The van der Waals surface area contributed by atoms with E-state index in [0.29, 0.717) is 0 Å². The number of esters is 3. The van der Waals surface area contributed by atoms with E-state index in [2.05, 4.69) is 0 Å². The van der Waals surface area contributed by atoms with Crippen molar-refractivity contribution in [1.82, 2.24) is 0 Å². The van der Waals surface area contributed by atoms with Gasteiger partial charge < -0.3 is 33.2 Å². The molecule has 0 atom stereocenters. The minimum absolute atomic E-state index is 0. The van der Waals surface area contributed by atoms with E-state index < -0.39 is 75.4 Å². The monoisotopic (exact) mass is 662 g/mol. The summed E-state index contributed by atoms with van der Waals surface area (Å²) in [6.07, 6.45) is 0. The van der Waals surface area contributed by atoms with Crippen LogP contribution in [0.4, 0.5) is 0 Å². The molecule has 0 spiro atoms. The molecule has 0 saturated carbocycles. The van der Waals surface area contributed by atoms with Crippen LogP contribution in [0.2, 0.25) is 0 Å². The van der Waals surface area contributed by atoms with Crippen molar-refractivity contribution in [3.63, 3.8) is 0 Å². The second kappa shape index (κ2) is 16.6. The molecule has 0 heterocycles. The zero-order valence-electron chi connectivity index (χ0n) is 31.8. The van der Waals surface area contributed by atoms with E-state index in [0.717, 1.165) is 0 Å². The van der Waals surface area contributed by atoms with Crippen LogP contribution >= 0.6 is 0 Å². The average Bonchev–Trinajstić information content (AvgIpc) is 2.82. The highest BCUT2D eigenvalue weighted by molar-refractivity contribution is 5.81. The second-order valence-corrected chi connectivity index (χ2v) is 17.9. The zero-order chi connectivity index (χ0) is 35.9. The molecule has 0 aromatic rings. The van der Waals surface area contributed by atoms with Crippen molar-refractivity contribution in [2.24, 2.45) is 16.2 Å². The van der Waals surface area contributed by atoms with Crippen molar-refractivity contribution in [3.05, 3.63) is 0 Å². The molecule has 10 nitrogen and oxygen atoms in total. The Morgan fingerprint density at radius 1 is 0.348 bits per heavy atom. The van der Waals surface area contributed by atoms with Crippen LogP contribution in [0.15, 0.2) is 0 Å². The van der Waals surface area contributed by atoms with E-state index in [9.17, 15) is 14.4 Å². The number of carbonyl (C=O) groups excluding carboxylic acids is 3. The lowest BCUT2D eigenvalue weighted by molar-refractivity contribution is -0.189. The summed E-state index contributed by atoms with van der Waals surface area (Å²) < 4.78 is 41.2.